The van der Waals surface area contributed by atoms with Gasteiger partial charge in [-0.2, -0.15) is 5.10 Å². The molecule has 0 radical (unpaired) electrons. The SMILES string of the molecule is CCCC(N)CNC(=O)c1cnn(C)c1C. The van der Waals surface area contributed by atoms with Gasteiger partial charge in [-0.05, 0) is 13.3 Å². The van der Waals surface area contributed by atoms with E-state index in [1.807, 2.05) is 14.0 Å². The molecule has 0 bridgehead atoms. The van der Waals surface area contributed by atoms with Crippen molar-refractivity contribution >= 4 is 5.91 Å². The van der Waals surface area contributed by atoms with Crippen molar-refractivity contribution in [1.82, 2.24) is 15.1 Å². The predicted octanol–water partition coefficient (Wildman–Crippen LogP) is 0.586. The molecular weight excluding hydrogens is 204 g/mol. The first-order valence-corrected chi connectivity index (χ1v) is 5.58. The standard InChI is InChI=1S/C11H20N4O/c1-4-5-9(12)6-13-11(16)10-7-14-15(3)8(10)2/h7,9H,4-6,12H2,1-3H3,(H,13,16). The Morgan fingerprint density at radius 3 is 2.88 bits per heavy atom. The molecule has 1 unspecified atom stereocenters. The van der Waals surface area contributed by atoms with Gasteiger partial charge in [0.15, 0.2) is 0 Å². The van der Waals surface area contributed by atoms with E-state index in [1.165, 1.54) is 0 Å². The van der Waals surface area contributed by atoms with Crippen LogP contribution in [0.3, 0.4) is 0 Å². The summed E-state index contributed by atoms with van der Waals surface area (Å²) in [6, 6.07) is 0.0333. The topological polar surface area (TPSA) is 72.9 Å². The molecule has 0 aliphatic carbocycles. The fourth-order valence-corrected chi connectivity index (χ4v) is 1.51. The zero-order valence-electron chi connectivity index (χ0n) is 10.2. The van der Waals surface area contributed by atoms with Crippen LogP contribution in [0.25, 0.3) is 0 Å². The van der Waals surface area contributed by atoms with Crippen LogP contribution >= 0.6 is 0 Å². The zero-order chi connectivity index (χ0) is 12.1. The van der Waals surface area contributed by atoms with Gasteiger partial charge < -0.3 is 11.1 Å². The summed E-state index contributed by atoms with van der Waals surface area (Å²) in [7, 11) is 1.81. The Balaban J connectivity index is 2.50. The summed E-state index contributed by atoms with van der Waals surface area (Å²) in [6.07, 6.45) is 3.53. The quantitative estimate of drug-likeness (QED) is 0.768. The lowest BCUT2D eigenvalue weighted by Crippen LogP contribution is -2.37. The maximum absolute atomic E-state index is 11.8. The highest BCUT2D eigenvalue weighted by molar-refractivity contribution is 5.95. The molecule has 0 saturated carbocycles. The van der Waals surface area contributed by atoms with Gasteiger partial charge in [0.05, 0.1) is 11.8 Å². The van der Waals surface area contributed by atoms with Crippen molar-refractivity contribution in [3.05, 3.63) is 17.5 Å². The van der Waals surface area contributed by atoms with Gasteiger partial charge >= 0.3 is 0 Å². The highest BCUT2D eigenvalue weighted by Crippen LogP contribution is 2.04. The Labute approximate surface area is 96.0 Å². The number of nitrogens with one attached hydrogen (secondary N) is 1. The van der Waals surface area contributed by atoms with Crippen molar-refractivity contribution in [2.75, 3.05) is 6.54 Å². The molecule has 5 heteroatoms. The zero-order valence-corrected chi connectivity index (χ0v) is 10.2. The summed E-state index contributed by atoms with van der Waals surface area (Å²) in [5, 5.41) is 6.85. The lowest BCUT2D eigenvalue weighted by Gasteiger charge is -2.11. The average Bonchev–Trinajstić information content (AvgIpc) is 2.57. The molecule has 0 fully saturated rings. The molecule has 0 aliphatic rings. The summed E-state index contributed by atoms with van der Waals surface area (Å²) in [5.74, 6) is -0.0999. The average molecular weight is 224 g/mol. The third kappa shape index (κ3) is 3.06. The van der Waals surface area contributed by atoms with E-state index in [-0.39, 0.29) is 11.9 Å². The highest BCUT2D eigenvalue weighted by atomic mass is 16.1. The van der Waals surface area contributed by atoms with E-state index in [1.54, 1.807) is 10.9 Å². The Bertz CT molecular complexity index is 359. The van der Waals surface area contributed by atoms with E-state index in [2.05, 4.69) is 17.3 Å². The van der Waals surface area contributed by atoms with Gasteiger partial charge in [0.25, 0.3) is 5.91 Å². The molecule has 3 N–H and O–H groups in total. The minimum Gasteiger partial charge on any atom is -0.350 e. The number of hydrogen-bond donors (Lipinski definition) is 2. The molecule has 1 aromatic rings. The Morgan fingerprint density at radius 1 is 1.69 bits per heavy atom. The summed E-state index contributed by atoms with van der Waals surface area (Å²) in [5.41, 5.74) is 7.30. The molecule has 1 amide bonds. The van der Waals surface area contributed by atoms with Crippen LogP contribution in [0.5, 0.6) is 0 Å². The third-order valence-corrected chi connectivity index (χ3v) is 2.66. The molecule has 0 spiro atoms. The number of aromatic nitrogens is 2. The first-order valence-electron chi connectivity index (χ1n) is 5.58. The number of rotatable bonds is 5. The van der Waals surface area contributed by atoms with Gasteiger partial charge in [-0.15, -0.1) is 0 Å². The summed E-state index contributed by atoms with van der Waals surface area (Å²) in [6.45, 7) is 4.46. The second-order valence-electron chi connectivity index (χ2n) is 4.03. The van der Waals surface area contributed by atoms with Gasteiger partial charge in [-0.25, -0.2) is 0 Å². The molecule has 1 aromatic heterocycles. The molecule has 1 atom stereocenters. The second-order valence-corrected chi connectivity index (χ2v) is 4.03. The molecule has 0 aromatic carbocycles. The normalized spacial score (nSPS) is 12.5. The van der Waals surface area contributed by atoms with Crippen LogP contribution in [0.2, 0.25) is 0 Å². The summed E-state index contributed by atoms with van der Waals surface area (Å²) >= 11 is 0. The number of hydrogen-bond acceptors (Lipinski definition) is 3. The first kappa shape index (κ1) is 12.7. The molecular formula is C11H20N4O. The predicted molar refractivity (Wildman–Crippen MR) is 63.2 cm³/mol. The fourth-order valence-electron chi connectivity index (χ4n) is 1.51. The van der Waals surface area contributed by atoms with Gasteiger partial charge in [0, 0.05) is 25.3 Å². The van der Waals surface area contributed by atoms with E-state index >= 15 is 0 Å². The molecule has 5 nitrogen and oxygen atoms in total. The number of amides is 1. The number of nitrogens with two attached hydrogens (primary N) is 1. The van der Waals surface area contributed by atoms with Gasteiger partial charge in [-0.3, -0.25) is 9.48 Å². The molecule has 1 rings (SSSR count). The number of carbonyl (C=O) groups is 1. The molecule has 90 valence electrons. The minimum atomic E-state index is -0.0999. The van der Waals surface area contributed by atoms with Crippen LogP contribution in [0, 0.1) is 6.92 Å². The fraction of sp³-hybridized carbons (Fsp3) is 0.636. The maximum Gasteiger partial charge on any atom is 0.254 e. The van der Waals surface area contributed by atoms with Crippen molar-refractivity contribution in [2.45, 2.75) is 32.7 Å². The van der Waals surface area contributed by atoms with Gasteiger partial charge in [0.1, 0.15) is 0 Å². The second kappa shape index (κ2) is 5.65. The lowest BCUT2D eigenvalue weighted by atomic mass is 10.2. The number of nitrogens with zero attached hydrogens (tertiary/aromatic N) is 2. The van der Waals surface area contributed by atoms with E-state index in [4.69, 9.17) is 5.73 Å². The van der Waals surface area contributed by atoms with Crippen molar-refractivity contribution in [3.63, 3.8) is 0 Å². The molecule has 0 aliphatic heterocycles. The maximum atomic E-state index is 11.8. The molecule has 1 heterocycles. The van der Waals surface area contributed by atoms with Crippen molar-refractivity contribution < 1.29 is 4.79 Å². The molecule has 0 saturated heterocycles. The van der Waals surface area contributed by atoms with Gasteiger partial charge in [0.2, 0.25) is 0 Å². The Kier molecular flexibility index (Phi) is 4.49. The van der Waals surface area contributed by atoms with E-state index in [0.717, 1.165) is 18.5 Å². The van der Waals surface area contributed by atoms with E-state index < -0.39 is 0 Å². The summed E-state index contributed by atoms with van der Waals surface area (Å²) in [4.78, 5) is 11.8. The smallest absolute Gasteiger partial charge is 0.254 e. The van der Waals surface area contributed by atoms with Crippen LogP contribution in [-0.2, 0) is 7.05 Å². The first-order chi connectivity index (χ1) is 7.56. The van der Waals surface area contributed by atoms with E-state index in [0.29, 0.717) is 12.1 Å². The highest BCUT2D eigenvalue weighted by Gasteiger charge is 2.13. The van der Waals surface area contributed by atoms with Crippen molar-refractivity contribution in [1.29, 1.82) is 0 Å². The number of aryl methyl sites for hydroxylation is 1. The van der Waals surface area contributed by atoms with Crippen LogP contribution in [-0.4, -0.2) is 28.3 Å². The minimum absolute atomic E-state index is 0.0333. The van der Waals surface area contributed by atoms with Crippen LogP contribution < -0.4 is 11.1 Å². The van der Waals surface area contributed by atoms with Crippen LogP contribution in [0.1, 0.15) is 35.8 Å². The third-order valence-electron chi connectivity index (χ3n) is 2.66. The Morgan fingerprint density at radius 2 is 2.38 bits per heavy atom. The van der Waals surface area contributed by atoms with Crippen LogP contribution in [0.4, 0.5) is 0 Å². The van der Waals surface area contributed by atoms with Crippen molar-refractivity contribution in [3.8, 4) is 0 Å². The van der Waals surface area contributed by atoms with E-state index in [9.17, 15) is 4.79 Å². The summed E-state index contributed by atoms with van der Waals surface area (Å²) < 4.78 is 1.68. The largest absolute Gasteiger partial charge is 0.350 e. The lowest BCUT2D eigenvalue weighted by molar-refractivity contribution is 0.0950. The van der Waals surface area contributed by atoms with Crippen molar-refractivity contribution in [2.24, 2.45) is 12.8 Å². The number of carbonyl (C=O) groups excluding carboxylic acids is 1. The monoisotopic (exact) mass is 224 g/mol. The van der Waals surface area contributed by atoms with Crippen LogP contribution in [0.15, 0.2) is 6.20 Å². The molecule has 16 heavy (non-hydrogen) atoms. The van der Waals surface area contributed by atoms with Gasteiger partial charge in [-0.1, -0.05) is 13.3 Å². The Hall–Kier alpha value is -1.36.